The standard InChI is InChI=1S/C26H23ClN4O3S/c1-17(25(32)28-14-19-11-12-22-23(13-19)34-16-33-22)35-26-30-29-24(20-9-5-6-10-21(20)27)31(26)15-18-7-3-2-4-8-18/h2-13,17H,14-16H2,1H3,(H,28,32). The predicted molar refractivity (Wildman–Crippen MR) is 136 cm³/mol. The Morgan fingerprint density at radius 3 is 2.63 bits per heavy atom. The van der Waals surface area contributed by atoms with Crippen LogP contribution in [0.2, 0.25) is 5.02 Å². The van der Waals surface area contributed by atoms with E-state index in [2.05, 4.69) is 15.5 Å². The monoisotopic (exact) mass is 506 g/mol. The second kappa shape index (κ2) is 10.4. The van der Waals surface area contributed by atoms with Gasteiger partial charge in [-0.2, -0.15) is 0 Å². The molecule has 2 heterocycles. The molecule has 4 aromatic rings. The number of aromatic nitrogens is 3. The number of carbonyl (C=O) groups is 1. The van der Waals surface area contributed by atoms with Gasteiger partial charge in [-0.3, -0.25) is 9.36 Å². The van der Waals surface area contributed by atoms with Crippen molar-refractivity contribution in [3.8, 4) is 22.9 Å². The van der Waals surface area contributed by atoms with Crippen molar-refractivity contribution in [2.45, 2.75) is 30.4 Å². The molecule has 0 saturated carbocycles. The molecule has 0 saturated heterocycles. The average Bonchev–Trinajstić information content (AvgIpc) is 3.50. The zero-order valence-electron chi connectivity index (χ0n) is 19.0. The molecule has 7 nitrogen and oxygen atoms in total. The van der Waals surface area contributed by atoms with Gasteiger partial charge in [0, 0.05) is 12.1 Å². The van der Waals surface area contributed by atoms with Crippen molar-refractivity contribution in [3.05, 3.63) is 88.9 Å². The summed E-state index contributed by atoms with van der Waals surface area (Å²) in [4.78, 5) is 12.9. The molecule has 0 spiro atoms. The fraction of sp³-hybridized carbons (Fsp3) is 0.192. The molecule has 1 aromatic heterocycles. The first-order chi connectivity index (χ1) is 17.1. The van der Waals surface area contributed by atoms with Gasteiger partial charge in [0.15, 0.2) is 22.5 Å². The highest BCUT2D eigenvalue weighted by Gasteiger charge is 2.22. The third-order valence-electron chi connectivity index (χ3n) is 5.57. The molecule has 1 amide bonds. The molecule has 0 aliphatic carbocycles. The lowest BCUT2D eigenvalue weighted by atomic mass is 10.2. The lowest BCUT2D eigenvalue weighted by molar-refractivity contribution is -0.120. The second-order valence-electron chi connectivity index (χ2n) is 8.02. The number of rotatable bonds is 8. The van der Waals surface area contributed by atoms with Gasteiger partial charge in [0.2, 0.25) is 12.7 Å². The summed E-state index contributed by atoms with van der Waals surface area (Å²) in [5, 5.41) is 12.7. The van der Waals surface area contributed by atoms with E-state index in [9.17, 15) is 4.79 Å². The van der Waals surface area contributed by atoms with Crippen LogP contribution in [-0.2, 0) is 17.9 Å². The lowest BCUT2D eigenvalue weighted by Crippen LogP contribution is -2.30. The van der Waals surface area contributed by atoms with Crippen LogP contribution in [0.1, 0.15) is 18.1 Å². The number of benzene rings is 3. The van der Waals surface area contributed by atoms with Crippen LogP contribution in [-0.4, -0.2) is 32.7 Å². The van der Waals surface area contributed by atoms with E-state index in [4.69, 9.17) is 21.1 Å². The number of hydrogen-bond donors (Lipinski definition) is 1. The van der Waals surface area contributed by atoms with E-state index in [0.29, 0.717) is 34.8 Å². The largest absolute Gasteiger partial charge is 0.454 e. The fourth-order valence-corrected chi connectivity index (χ4v) is 4.81. The Morgan fingerprint density at radius 1 is 1.03 bits per heavy atom. The lowest BCUT2D eigenvalue weighted by Gasteiger charge is -2.14. The summed E-state index contributed by atoms with van der Waals surface area (Å²) in [6.07, 6.45) is 0. The van der Waals surface area contributed by atoms with Gasteiger partial charge in [-0.15, -0.1) is 10.2 Å². The van der Waals surface area contributed by atoms with Gasteiger partial charge in [0.25, 0.3) is 0 Å². The number of fused-ring (bicyclic) bond motifs is 1. The summed E-state index contributed by atoms with van der Waals surface area (Å²) >= 11 is 7.83. The van der Waals surface area contributed by atoms with Gasteiger partial charge in [0.05, 0.1) is 16.8 Å². The third-order valence-corrected chi connectivity index (χ3v) is 6.98. The Bertz CT molecular complexity index is 1350. The van der Waals surface area contributed by atoms with Gasteiger partial charge < -0.3 is 14.8 Å². The number of hydrogen-bond acceptors (Lipinski definition) is 6. The van der Waals surface area contributed by atoms with Gasteiger partial charge >= 0.3 is 0 Å². The van der Waals surface area contributed by atoms with Crippen LogP contribution < -0.4 is 14.8 Å². The highest BCUT2D eigenvalue weighted by Crippen LogP contribution is 2.33. The van der Waals surface area contributed by atoms with E-state index in [1.807, 2.05) is 84.3 Å². The molecule has 5 rings (SSSR count). The number of nitrogens with zero attached hydrogens (tertiary/aromatic N) is 3. The SMILES string of the molecule is CC(Sc1nnc(-c2ccccc2Cl)n1Cc1ccccc1)C(=O)NCc1ccc2c(c1)OCO2. The maximum Gasteiger partial charge on any atom is 0.233 e. The summed E-state index contributed by atoms with van der Waals surface area (Å²) in [5.74, 6) is 1.98. The molecule has 0 radical (unpaired) electrons. The van der Waals surface area contributed by atoms with E-state index >= 15 is 0 Å². The predicted octanol–water partition coefficient (Wildman–Crippen LogP) is 5.17. The highest BCUT2D eigenvalue weighted by atomic mass is 35.5. The second-order valence-corrected chi connectivity index (χ2v) is 9.74. The van der Waals surface area contributed by atoms with Crippen LogP contribution in [0.5, 0.6) is 11.5 Å². The van der Waals surface area contributed by atoms with E-state index < -0.39 is 0 Å². The van der Waals surface area contributed by atoms with Crippen LogP contribution in [0.15, 0.2) is 78.0 Å². The van der Waals surface area contributed by atoms with Crippen LogP contribution in [0.3, 0.4) is 0 Å². The summed E-state index contributed by atoms with van der Waals surface area (Å²) in [7, 11) is 0. The number of halogens is 1. The Balaban J connectivity index is 1.33. The van der Waals surface area contributed by atoms with Crippen LogP contribution in [0.25, 0.3) is 11.4 Å². The number of thioether (sulfide) groups is 1. The summed E-state index contributed by atoms with van der Waals surface area (Å²) in [6.45, 7) is 3.03. The molecule has 1 aliphatic heterocycles. The van der Waals surface area contributed by atoms with Crippen molar-refractivity contribution >= 4 is 29.3 Å². The van der Waals surface area contributed by atoms with E-state index in [-0.39, 0.29) is 18.0 Å². The Labute approximate surface area is 212 Å². The average molecular weight is 507 g/mol. The minimum atomic E-state index is -0.387. The molecule has 1 aliphatic rings. The summed E-state index contributed by atoms with van der Waals surface area (Å²) in [6, 6.07) is 23.3. The quantitative estimate of drug-likeness (QED) is 0.332. The smallest absolute Gasteiger partial charge is 0.233 e. The zero-order valence-corrected chi connectivity index (χ0v) is 20.6. The maximum atomic E-state index is 12.9. The first-order valence-electron chi connectivity index (χ1n) is 11.1. The van der Waals surface area contributed by atoms with Gasteiger partial charge in [-0.1, -0.05) is 71.9 Å². The van der Waals surface area contributed by atoms with Crippen molar-refractivity contribution in [1.82, 2.24) is 20.1 Å². The van der Waals surface area contributed by atoms with E-state index in [1.165, 1.54) is 11.8 Å². The van der Waals surface area contributed by atoms with Gasteiger partial charge in [-0.05, 0) is 42.3 Å². The third kappa shape index (κ3) is 5.28. The maximum absolute atomic E-state index is 12.9. The molecule has 178 valence electrons. The fourth-order valence-electron chi connectivity index (χ4n) is 3.72. The number of nitrogens with one attached hydrogen (secondary N) is 1. The van der Waals surface area contributed by atoms with Gasteiger partial charge in [-0.25, -0.2) is 0 Å². The molecule has 1 N–H and O–H groups in total. The summed E-state index contributed by atoms with van der Waals surface area (Å²) < 4.78 is 12.8. The molecular formula is C26H23ClN4O3S. The first-order valence-corrected chi connectivity index (χ1v) is 12.4. The molecular weight excluding hydrogens is 484 g/mol. The first kappa shape index (κ1) is 23.3. The number of ether oxygens (including phenoxy) is 2. The van der Waals surface area contributed by atoms with Crippen LogP contribution in [0, 0.1) is 0 Å². The minimum absolute atomic E-state index is 0.0961. The van der Waals surface area contributed by atoms with Crippen molar-refractivity contribution in [3.63, 3.8) is 0 Å². The van der Waals surface area contributed by atoms with Crippen molar-refractivity contribution in [2.75, 3.05) is 6.79 Å². The Hall–Kier alpha value is -3.49. The number of amides is 1. The zero-order chi connectivity index (χ0) is 24.2. The molecule has 0 fully saturated rings. The molecule has 1 unspecified atom stereocenters. The minimum Gasteiger partial charge on any atom is -0.454 e. The summed E-state index contributed by atoms with van der Waals surface area (Å²) in [5.41, 5.74) is 2.83. The van der Waals surface area contributed by atoms with Crippen molar-refractivity contribution < 1.29 is 14.3 Å². The topological polar surface area (TPSA) is 78.3 Å². The molecule has 9 heteroatoms. The van der Waals surface area contributed by atoms with Crippen molar-refractivity contribution in [1.29, 1.82) is 0 Å². The van der Waals surface area contributed by atoms with E-state index in [0.717, 1.165) is 22.4 Å². The van der Waals surface area contributed by atoms with Gasteiger partial charge in [0.1, 0.15) is 0 Å². The number of carbonyl (C=O) groups excluding carboxylic acids is 1. The van der Waals surface area contributed by atoms with Crippen molar-refractivity contribution in [2.24, 2.45) is 0 Å². The highest BCUT2D eigenvalue weighted by molar-refractivity contribution is 8.00. The molecule has 1 atom stereocenters. The Kier molecular flexibility index (Phi) is 6.92. The van der Waals surface area contributed by atoms with Crippen LogP contribution >= 0.6 is 23.4 Å². The van der Waals surface area contributed by atoms with Crippen LogP contribution in [0.4, 0.5) is 0 Å². The van der Waals surface area contributed by atoms with E-state index in [1.54, 1.807) is 0 Å². The molecule has 3 aromatic carbocycles. The normalized spacial score (nSPS) is 13.0. The molecule has 35 heavy (non-hydrogen) atoms. The Morgan fingerprint density at radius 2 is 1.80 bits per heavy atom. The molecule has 0 bridgehead atoms.